The van der Waals surface area contributed by atoms with Gasteiger partial charge in [0, 0.05) is 34.2 Å². The van der Waals surface area contributed by atoms with E-state index in [-0.39, 0.29) is 0 Å². The lowest BCUT2D eigenvalue weighted by Gasteiger charge is -2.06. The van der Waals surface area contributed by atoms with Crippen LogP contribution in [0.25, 0.3) is 21.2 Å². The van der Waals surface area contributed by atoms with Crippen LogP contribution in [0.4, 0.5) is 0 Å². The molecular formula is C15H13N3O. The summed E-state index contributed by atoms with van der Waals surface area (Å²) in [5.74, 6) is 6.96. The molecule has 0 radical (unpaired) electrons. The molecule has 0 bridgehead atoms. The van der Waals surface area contributed by atoms with Gasteiger partial charge in [0.15, 0.2) is 0 Å². The SMILES string of the molecule is COc1ccc(C#CCCN=[N+]=[N-])c2ccccc12. The highest BCUT2D eigenvalue weighted by Crippen LogP contribution is 2.27. The van der Waals surface area contributed by atoms with Gasteiger partial charge in [0.1, 0.15) is 5.75 Å². The molecule has 0 aliphatic rings. The lowest BCUT2D eigenvalue weighted by molar-refractivity contribution is 0.420. The summed E-state index contributed by atoms with van der Waals surface area (Å²) < 4.78 is 5.34. The minimum absolute atomic E-state index is 0.400. The molecule has 0 saturated heterocycles. The van der Waals surface area contributed by atoms with E-state index in [0.717, 1.165) is 22.1 Å². The van der Waals surface area contributed by atoms with Crippen molar-refractivity contribution in [3.63, 3.8) is 0 Å². The third-order valence-electron chi connectivity index (χ3n) is 2.73. The average Bonchev–Trinajstić information content (AvgIpc) is 2.47. The van der Waals surface area contributed by atoms with E-state index in [1.54, 1.807) is 7.11 Å². The van der Waals surface area contributed by atoms with Crippen molar-refractivity contribution in [2.75, 3.05) is 13.7 Å². The number of hydrogen-bond donors (Lipinski definition) is 0. The highest BCUT2D eigenvalue weighted by molar-refractivity contribution is 5.93. The van der Waals surface area contributed by atoms with Gasteiger partial charge in [-0.1, -0.05) is 41.2 Å². The third kappa shape index (κ3) is 2.98. The number of hydrogen-bond acceptors (Lipinski definition) is 2. The summed E-state index contributed by atoms with van der Waals surface area (Å²) in [6, 6.07) is 11.9. The number of fused-ring (bicyclic) bond motifs is 1. The first-order valence-electron chi connectivity index (χ1n) is 5.92. The van der Waals surface area contributed by atoms with Crippen LogP contribution >= 0.6 is 0 Å². The van der Waals surface area contributed by atoms with Crippen molar-refractivity contribution in [3.05, 3.63) is 52.4 Å². The molecule has 0 aliphatic carbocycles. The molecule has 0 N–H and O–H groups in total. The van der Waals surface area contributed by atoms with Gasteiger partial charge in [-0.2, -0.15) is 0 Å². The first-order chi connectivity index (χ1) is 9.36. The van der Waals surface area contributed by atoms with E-state index in [9.17, 15) is 0 Å². The van der Waals surface area contributed by atoms with Crippen molar-refractivity contribution in [2.24, 2.45) is 5.11 Å². The molecule has 19 heavy (non-hydrogen) atoms. The van der Waals surface area contributed by atoms with Crippen LogP contribution in [0.1, 0.15) is 12.0 Å². The van der Waals surface area contributed by atoms with E-state index in [1.165, 1.54) is 0 Å². The van der Waals surface area contributed by atoms with Crippen LogP contribution in [0.5, 0.6) is 5.75 Å². The molecule has 2 aromatic carbocycles. The second-order valence-corrected chi connectivity index (χ2v) is 3.87. The van der Waals surface area contributed by atoms with Crippen molar-refractivity contribution in [1.29, 1.82) is 0 Å². The predicted octanol–water partition coefficient (Wildman–Crippen LogP) is 3.90. The molecular weight excluding hydrogens is 238 g/mol. The van der Waals surface area contributed by atoms with Crippen LogP contribution in [-0.2, 0) is 0 Å². The van der Waals surface area contributed by atoms with Gasteiger partial charge in [0.05, 0.1) is 7.11 Å². The molecule has 4 heteroatoms. The number of ether oxygens (including phenoxy) is 1. The summed E-state index contributed by atoms with van der Waals surface area (Å²) in [7, 11) is 1.66. The number of rotatable bonds is 3. The van der Waals surface area contributed by atoms with E-state index >= 15 is 0 Å². The van der Waals surface area contributed by atoms with Crippen molar-refractivity contribution >= 4 is 10.8 Å². The third-order valence-corrected chi connectivity index (χ3v) is 2.73. The molecule has 0 fully saturated rings. The zero-order chi connectivity index (χ0) is 13.5. The Balaban J connectivity index is 2.36. The topological polar surface area (TPSA) is 58.0 Å². The summed E-state index contributed by atoms with van der Waals surface area (Å²) in [6.07, 6.45) is 0.560. The van der Waals surface area contributed by atoms with Crippen LogP contribution in [0.15, 0.2) is 41.5 Å². The second-order valence-electron chi connectivity index (χ2n) is 3.87. The predicted molar refractivity (Wildman–Crippen MR) is 76.0 cm³/mol. The summed E-state index contributed by atoms with van der Waals surface area (Å²) in [5.41, 5.74) is 9.13. The molecule has 0 heterocycles. The van der Waals surface area contributed by atoms with Gasteiger partial charge < -0.3 is 4.74 Å². The van der Waals surface area contributed by atoms with Crippen LogP contribution in [0.2, 0.25) is 0 Å². The van der Waals surface area contributed by atoms with Crippen LogP contribution in [-0.4, -0.2) is 13.7 Å². The molecule has 0 aliphatic heterocycles. The molecule has 0 spiro atoms. The maximum Gasteiger partial charge on any atom is 0.126 e. The fourth-order valence-corrected chi connectivity index (χ4v) is 1.87. The Hall–Kier alpha value is -2.63. The van der Waals surface area contributed by atoms with Gasteiger partial charge >= 0.3 is 0 Å². The number of benzene rings is 2. The zero-order valence-electron chi connectivity index (χ0n) is 10.6. The Labute approximate surface area is 111 Å². The van der Waals surface area contributed by atoms with E-state index in [1.807, 2.05) is 36.4 Å². The molecule has 2 aromatic rings. The molecule has 94 valence electrons. The van der Waals surface area contributed by atoms with Crippen LogP contribution < -0.4 is 4.74 Å². The van der Waals surface area contributed by atoms with E-state index < -0.39 is 0 Å². The second kappa shape index (κ2) is 6.34. The molecule has 2 rings (SSSR count). The highest BCUT2D eigenvalue weighted by atomic mass is 16.5. The largest absolute Gasteiger partial charge is 0.496 e. The average molecular weight is 251 g/mol. The summed E-state index contributed by atoms with van der Waals surface area (Å²) in [5, 5.41) is 5.57. The van der Waals surface area contributed by atoms with E-state index in [2.05, 4.69) is 21.9 Å². The van der Waals surface area contributed by atoms with Crippen molar-refractivity contribution in [3.8, 4) is 17.6 Å². The first kappa shape index (κ1) is 12.8. The monoisotopic (exact) mass is 251 g/mol. The van der Waals surface area contributed by atoms with Crippen molar-refractivity contribution in [2.45, 2.75) is 6.42 Å². The Morgan fingerprint density at radius 1 is 1.21 bits per heavy atom. The minimum Gasteiger partial charge on any atom is -0.496 e. The van der Waals surface area contributed by atoms with Gasteiger partial charge in [-0.3, -0.25) is 0 Å². The zero-order valence-corrected chi connectivity index (χ0v) is 10.6. The Kier molecular flexibility index (Phi) is 4.28. The maximum atomic E-state index is 8.18. The normalized spacial score (nSPS) is 9.32. The molecule has 0 atom stereocenters. The summed E-state index contributed by atoms with van der Waals surface area (Å²) >= 11 is 0. The van der Waals surface area contributed by atoms with Crippen molar-refractivity contribution in [1.82, 2.24) is 0 Å². The van der Waals surface area contributed by atoms with E-state index in [4.69, 9.17) is 10.3 Å². The fraction of sp³-hybridized carbons (Fsp3) is 0.200. The molecule has 0 unspecified atom stereocenters. The van der Waals surface area contributed by atoms with Gasteiger partial charge in [0.25, 0.3) is 0 Å². The van der Waals surface area contributed by atoms with Gasteiger partial charge in [0.2, 0.25) is 0 Å². The maximum absolute atomic E-state index is 8.18. The van der Waals surface area contributed by atoms with Gasteiger partial charge in [-0.05, 0) is 17.7 Å². The smallest absolute Gasteiger partial charge is 0.126 e. The van der Waals surface area contributed by atoms with Gasteiger partial charge in [-0.15, -0.1) is 0 Å². The summed E-state index contributed by atoms with van der Waals surface area (Å²) in [6.45, 7) is 0.400. The Bertz CT molecular complexity index is 691. The van der Waals surface area contributed by atoms with Gasteiger partial charge in [-0.25, -0.2) is 0 Å². The number of azide groups is 1. The first-order valence-corrected chi connectivity index (χ1v) is 5.92. The van der Waals surface area contributed by atoms with Crippen molar-refractivity contribution < 1.29 is 4.74 Å². The van der Waals surface area contributed by atoms with E-state index in [0.29, 0.717) is 13.0 Å². The Morgan fingerprint density at radius 2 is 2.00 bits per heavy atom. The molecule has 0 amide bonds. The van der Waals surface area contributed by atoms with Crippen LogP contribution in [0, 0.1) is 11.8 Å². The lowest BCUT2D eigenvalue weighted by atomic mass is 10.0. The lowest BCUT2D eigenvalue weighted by Crippen LogP contribution is -1.87. The molecule has 4 nitrogen and oxygen atoms in total. The standard InChI is InChI=1S/C15H13N3O/c1-19-15-10-9-12(6-4-5-11-17-18-16)13-7-2-3-8-14(13)15/h2-3,7-10H,5,11H2,1H3. The highest BCUT2D eigenvalue weighted by Gasteiger charge is 2.03. The number of nitrogens with zero attached hydrogens (tertiary/aromatic N) is 3. The number of methoxy groups -OCH3 is 1. The Morgan fingerprint density at radius 3 is 2.74 bits per heavy atom. The molecule has 0 aromatic heterocycles. The molecule has 0 saturated carbocycles. The summed E-state index contributed by atoms with van der Waals surface area (Å²) in [4.78, 5) is 2.69. The fourth-order valence-electron chi connectivity index (χ4n) is 1.87. The quantitative estimate of drug-likeness (QED) is 0.268. The van der Waals surface area contributed by atoms with Crippen LogP contribution in [0.3, 0.4) is 0 Å². The minimum atomic E-state index is 0.400.